The van der Waals surface area contributed by atoms with Gasteiger partial charge in [-0.25, -0.2) is 9.59 Å². The molecule has 0 aliphatic carbocycles. The first-order chi connectivity index (χ1) is 16.4. The summed E-state index contributed by atoms with van der Waals surface area (Å²) in [6.45, 7) is 0. The van der Waals surface area contributed by atoms with E-state index in [4.69, 9.17) is 19.7 Å². The molecule has 0 saturated heterocycles. The number of benzene rings is 4. The third-order valence-electron chi connectivity index (χ3n) is 4.92. The number of hydrogen-bond donors (Lipinski definition) is 2. The van der Waals surface area contributed by atoms with Crippen LogP contribution < -0.4 is 9.47 Å². The summed E-state index contributed by atoms with van der Waals surface area (Å²) in [5.74, 6) is -1.06. The zero-order valence-electron chi connectivity index (χ0n) is 17.7. The number of ether oxygens (including phenoxy) is 2. The highest BCUT2D eigenvalue weighted by atomic mass is 16.5. The molecule has 0 aromatic heterocycles. The summed E-state index contributed by atoms with van der Waals surface area (Å²) in [6.07, 6.45) is 0. The molecule has 4 aromatic rings. The van der Waals surface area contributed by atoms with Crippen molar-refractivity contribution in [1.29, 1.82) is 0 Å². The number of aromatic carboxylic acids is 2. The lowest BCUT2D eigenvalue weighted by atomic mass is 10.0. The van der Waals surface area contributed by atoms with Gasteiger partial charge in [-0.15, -0.1) is 0 Å². The zero-order valence-corrected chi connectivity index (χ0v) is 17.7. The monoisotopic (exact) mass is 454 g/mol. The zero-order chi connectivity index (χ0) is 24.1. The second kappa shape index (κ2) is 9.70. The van der Waals surface area contributed by atoms with Crippen LogP contribution >= 0.6 is 0 Å². The van der Waals surface area contributed by atoms with Gasteiger partial charge in [-0.2, -0.15) is 0 Å². The first-order valence-electron chi connectivity index (χ1n) is 10.2. The Bertz CT molecular complexity index is 1250. The lowest BCUT2D eigenvalue weighted by molar-refractivity contribution is 0.0686. The van der Waals surface area contributed by atoms with Crippen LogP contribution in [0.5, 0.6) is 23.0 Å². The predicted molar refractivity (Wildman–Crippen MR) is 123 cm³/mol. The van der Waals surface area contributed by atoms with Gasteiger partial charge in [-0.1, -0.05) is 24.3 Å². The third kappa shape index (κ3) is 4.94. The van der Waals surface area contributed by atoms with Crippen molar-refractivity contribution in [2.75, 3.05) is 0 Å². The van der Waals surface area contributed by atoms with Gasteiger partial charge in [0.25, 0.3) is 0 Å². The van der Waals surface area contributed by atoms with Gasteiger partial charge in [0.1, 0.15) is 23.0 Å². The van der Waals surface area contributed by atoms with Gasteiger partial charge in [-0.05, 0) is 72.8 Å². The van der Waals surface area contributed by atoms with Gasteiger partial charge < -0.3 is 19.7 Å². The van der Waals surface area contributed by atoms with Crippen molar-refractivity contribution in [3.63, 3.8) is 0 Å². The molecule has 168 valence electrons. The normalized spacial score (nSPS) is 10.4. The third-order valence-corrected chi connectivity index (χ3v) is 4.92. The van der Waals surface area contributed by atoms with Crippen LogP contribution in [0.4, 0.5) is 0 Å². The first kappa shape index (κ1) is 22.3. The molecular weight excluding hydrogens is 436 g/mol. The van der Waals surface area contributed by atoms with Crippen molar-refractivity contribution >= 4 is 17.7 Å². The highest BCUT2D eigenvalue weighted by Gasteiger charge is 2.19. The van der Waals surface area contributed by atoms with E-state index < -0.39 is 11.9 Å². The van der Waals surface area contributed by atoms with Crippen molar-refractivity contribution in [2.45, 2.75) is 0 Å². The SMILES string of the molecule is O=C(O)c1ccc(Oc2ccccc2C(=O)c2ccccc2Oc2ccc(C(=O)O)cc2)cc1. The number of carboxylic acid groups (broad SMARTS) is 2. The van der Waals surface area contributed by atoms with E-state index in [9.17, 15) is 14.4 Å². The van der Waals surface area contributed by atoms with Crippen LogP contribution in [0.3, 0.4) is 0 Å². The van der Waals surface area contributed by atoms with E-state index in [-0.39, 0.29) is 16.9 Å². The minimum absolute atomic E-state index is 0.124. The molecule has 0 amide bonds. The molecule has 0 heterocycles. The second-order valence-corrected chi connectivity index (χ2v) is 7.18. The first-order valence-corrected chi connectivity index (χ1v) is 10.2. The Kier molecular flexibility index (Phi) is 6.36. The van der Waals surface area contributed by atoms with E-state index in [2.05, 4.69) is 0 Å². The molecule has 7 heteroatoms. The molecule has 0 unspecified atom stereocenters. The van der Waals surface area contributed by atoms with Gasteiger partial charge in [0, 0.05) is 0 Å². The Morgan fingerprint density at radius 2 is 0.853 bits per heavy atom. The Morgan fingerprint density at radius 3 is 1.21 bits per heavy atom. The Balaban J connectivity index is 1.61. The molecule has 2 N–H and O–H groups in total. The molecular formula is C27H18O7. The van der Waals surface area contributed by atoms with Crippen LogP contribution in [0.25, 0.3) is 0 Å². The molecule has 0 bridgehead atoms. The van der Waals surface area contributed by atoms with Crippen molar-refractivity contribution in [2.24, 2.45) is 0 Å². The number of rotatable bonds is 8. The van der Waals surface area contributed by atoms with E-state index in [1.54, 1.807) is 48.5 Å². The number of para-hydroxylation sites is 2. The highest BCUT2D eigenvalue weighted by Crippen LogP contribution is 2.32. The number of carboxylic acids is 2. The Morgan fingerprint density at radius 1 is 0.500 bits per heavy atom. The smallest absolute Gasteiger partial charge is 0.335 e. The highest BCUT2D eigenvalue weighted by molar-refractivity contribution is 6.12. The quantitative estimate of drug-likeness (QED) is 0.319. The van der Waals surface area contributed by atoms with Crippen LogP contribution in [0.2, 0.25) is 0 Å². The van der Waals surface area contributed by atoms with Crippen molar-refractivity contribution < 1.29 is 34.1 Å². The molecule has 4 rings (SSSR count). The second-order valence-electron chi connectivity index (χ2n) is 7.18. The Hall–Kier alpha value is -4.91. The van der Waals surface area contributed by atoms with Gasteiger partial charge >= 0.3 is 11.9 Å². The molecule has 0 atom stereocenters. The lowest BCUT2D eigenvalue weighted by Crippen LogP contribution is -2.06. The summed E-state index contributed by atoms with van der Waals surface area (Å²) in [4.78, 5) is 35.6. The molecule has 4 aromatic carbocycles. The van der Waals surface area contributed by atoms with Gasteiger partial charge in [-0.3, -0.25) is 4.79 Å². The van der Waals surface area contributed by atoms with Gasteiger partial charge in [0.2, 0.25) is 5.78 Å². The maximum Gasteiger partial charge on any atom is 0.335 e. The topological polar surface area (TPSA) is 110 Å². The summed E-state index contributed by atoms with van der Waals surface area (Å²) in [5.41, 5.74) is 0.836. The van der Waals surface area contributed by atoms with E-state index in [0.717, 1.165) is 0 Å². The fourth-order valence-corrected chi connectivity index (χ4v) is 3.22. The lowest BCUT2D eigenvalue weighted by Gasteiger charge is -2.13. The molecule has 0 aliphatic rings. The summed E-state index contributed by atoms with van der Waals surface area (Å²) in [7, 11) is 0. The number of hydrogen-bond acceptors (Lipinski definition) is 5. The number of carbonyl (C=O) groups excluding carboxylic acids is 1. The van der Waals surface area contributed by atoms with Crippen LogP contribution in [0.1, 0.15) is 36.6 Å². The van der Waals surface area contributed by atoms with Crippen LogP contribution in [-0.2, 0) is 0 Å². The summed E-state index contributed by atoms with van der Waals surface area (Å²) >= 11 is 0. The molecule has 34 heavy (non-hydrogen) atoms. The maximum atomic E-state index is 13.4. The van der Waals surface area contributed by atoms with Crippen LogP contribution in [-0.4, -0.2) is 27.9 Å². The van der Waals surface area contributed by atoms with Crippen LogP contribution in [0.15, 0.2) is 97.1 Å². The van der Waals surface area contributed by atoms with Gasteiger partial charge in [0.05, 0.1) is 22.3 Å². The van der Waals surface area contributed by atoms with Crippen LogP contribution in [0, 0.1) is 0 Å². The summed E-state index contributed by atoms with van der Waals surface area (Å²) < 4.78 is 11.7. The molecule has 0 aliphatic heterocycles. The minimum atomic E-state index is -1.05. The average molecular weight is 454 g/mol. The molecule has 7 nitrogen and oxygen atoms in total. The Labute approximate surface area is 194 Å². The minimum Gasteiger partial charge on any atom is -0.478 e. The fourth-order valence-electron chi connectivity index (χ4n) is 3.22. The van der Waals surface area contributed by atoms with E-state index in [1.807, 2.05) is 0 Å². The maximum absolute atomic E-state index is 13.4. The van der Waals surface area contributed by atoms with E-state index in [1.165, 1.54) is 48.5 Å². The number of ketones is 1. The molecule has 0 spiro atoms. The van der Waals surface area contributed by atoms with Crippen molar-refractivity contribution in [3.05, 3.63) is 119 Å². The van der Waals surface area contributed by atoms with E-state index >= 15 is 0 Å². The van der Waals surface area contributed by atoms with Crippen molar-refractivity contribution in [1.82, 2.24) is 0 Å². The largest absolute Gasteiger partial charge is 0.478 e. The van der Waals surface area contributed by atoms with Gasteiger partial charge in [0.15, 0.2) is 0 Å². The average Bonchev–Trinajstić information content (AvgIpc) is 2.85. The molecule has 0 saturated carbocycles. The predicted octanol–water partition coefficient (Wildman–Crippen LogP) is 5.90. The van der Waals surface area contributed by atoms with E-state index in [0.29, 0.717) is 34.1 Å². The fraction of sp³-hybridized carbons (Fsp3) is 0. The summed E-state index contributed by atoms with van der Waals surface area (Å²) in [6, 6.07) is 25.2. The van der Waals surface area contributed by atoms with Crippen molar-refractivity contribution in [3.8, 4) is 23.0 Å². The standard InChI is InChI=1S/C27H18O7/c28-25(21-5-1-3-7-23(21)33-19-13-9-17(10-14-19)26(29)30)22-6-2-4-8-24(22)34-20-15-11-18(12-16-20)27(31)32/h1-16H,(H,29,30)(H,31,32). The molecule has 0 radical (unpaired) electrons. The number of carbonyl (C=O) groups is 3. The molecule has 0 fully saturated rings. The summed E-state index contributed by atoms with van der Waals surface area (Å²) in [5, 5.41) is 18.1.